The topological polar surface area (TPSA) is 64.1 Å². The van der Waals surface area contributed by atoms with Crippen LogP contribution in [0.5, 0.6) is 17.2 Å². The number of alkyl halides is 2. The van der Waals surface area contributed by atoms with E-state index in [4.69, 9.17) is 14.2 Å². The monoisotopic (exact) mass is 535 g/mol. The van der Waals surface area contributed by atoms with Crippen LogP contribution in [0.3, 0.4) is 0 Å². The molecule has 0 radical (unpaired) electrons. The molecule has 0 heterocycles. The number of ether oxygens (including phenoxy) is 3. The molecule has 1 unspecified atom stereocenters. The van der Waals surface area contributed by atoms with Crippen molar-refractivity contribution in [1.29, 1.82) is 0 Å². The summed E-state index contributed by atoms with van der Waals surface area (Å²) in [7, 11) is 3.27. The minimum Gasteiger partial charge on any atom is -0.493 e. The summed E-state index contributed by atoms with van der Waals surface area (Å²) in [4.78, 5) is 4.18. The van der Waals surface area contributed by atoms with Gasteiger partial charge < -0.3 is 24.8 Å². The van der Waals surface area contributed by atoms with Gasteiger partial charge in [-0.2, -0.15) is 0 Å². The van der Waals surface area contributed by atoms with Crippen LogP contribution in [0.4, 0.5) is 8.78 Å². The second-order valence-electron chi connectivity index (χ2n) is 6.24. The van der Waals surface area contributed by atoms with Crippen LogP contribution in [-0.4, -0.2) is 45.8 Å². The molecule has 0 aliphatic heterocycles. The van der Waals surface area contributed by atoms with Crippen molar-refractivity contribution in [2.45, 2.75) is 26.0 Å². The van der Waals surface area contributed by atoms with E-state index in [1.807, 2.05) is 37.3 Å². The molecule has 2 rings (SSSR count). The molecule has 6 nitrogen and oxygen atoms in total. The lowest BCUT2D eigenvalue weighted by Crippen LogP contribution is -2.41. The second-order valence-corrected chi connectivity index (χ2v) is 6.24. The standard InChI is InChI=1S/C21H27F2N3O3.HI/c1-15(29-19-10-5-4-9-18(19)27-3)12-25-21(24-2)26-13-16-7-6-8-17(11-16)28-14-20(22)23;/h4-11,15,20H,12-14H2,1-3H3,(H2,24,25,26);1H. The number of nitrogens with one attached hydrogen (secondary N) is 2. The Kier molecular flexibility index (Phi) is 11.9. The van der Waals surface area contributed by atoms with Crippen LogP contribution < -0.4 is 24.8 Å². The Balaban J connectivity index is 0.00000450. The SMILES string of the molecule is CN=C(NCc1cccc(OCC(F)F)c1)NCC(C)Oc1ccccc1OC.I. The van der Waals surface area contributed by atoms with E-state index >= 15 is 0 Å². The van der Waals surface area contributed by atoms with Gasteiger partial charge in [0.2, 0.25) is 0 Å². The van der Waals surface area contributed by atoms with Crippen molar-refractivity contribution in [2.75, 3.05) is 27.3 Å². The third-order valence-corrected chi connectivity index (χ3v) is 3.91. The molecule has 0 fully saturated rings. The zero-order valence-electron chi connectivity index (χ0n) is 17.2. The number of methoxy groups -OCH3 is 1. The maximum absolute atomic E-state index is 12.3. The number of hydrogen-bond donors (Lipinski definition) is 2. The molecule has 0 spiro atoms. The summed E-state index contributed by atoms with van der Waals surface area (Å²) >= 11 is 0. The fourth-order valence-electron chi connectivity index (χ4n) is 2.53. The normalized spacial score (nSPS) is 12.0. The minimum atomic E-state index is -2.50. The summed E-state index contributed by atoms with van der Waals surface area (Å²) in [6.45, 7) is 2.31. The minimum absolute atomic E-state index is 0. The lowest BCUT2D eigenvalue weighted by molar-refractivity contribution is 0.0818. The highest BCUT2D eigenvalue weighted by atomic mass is 127. The Bertz CT molecular complexity index is 794. The first kappa shape index (κ1) is 25.7. The first-order valence-corrected chi connectivity index (χ1v) is 9.26. The molecule has 0 bridgehead atoms. The fraction of sp³-hybridized carbons (Fsp3) is 0.381. The summed E-state index contributed by atoms with van der Waals surface area (Å²) in [5, 5.41) is 6.37. The Morgan fingerprint density at radius 1 is 1.07 bits per heavy atom. The molecule has 2 aromatic carbocycles. The van der Waals surface area contributed by atoms with Crippen molar-refractivity contribution in [3.8, 4) is 17.2 Å². The van der Waals surface area contributed by atoms with E-state index in [0.29, 0.717) is 36.3 Å². The molecule has 2 N–H and O–H groups in total. The first-order chi connectivity index (χ1) is 14.0. The smallest absolute Gasteiger partial charge is 0.272 e. The molecule has 2 aromatic rings. The largest absolute Gasteiger partial charge is 0.493 e. The maximum atomic E-state index is 12.3. The van der Waals surface area contributed by atoms with Gasteiger partial charge in [-0.1, -0.05) is 24.3 Å². The van der Waals surface area contributed by atoms with E-state index in [-0.39, 0.29) is 30.1 Å². The highest BCUT2D eigenvalue weighted by molar-refractivity contribution is 14.0. The van der Waals surface area contributed by atoms with Gasteiger partial charge in [-0.15, -0.1) is 24.0 Å². The number of rotatable bonds is 10. The number of guanidine groups is 1. The van der Waals surface area contributed by atoms with Crippen LogP contribution in [0.2, 0.25) is 0 Å². The van der Waals surface area contributed by atoms with Gasteiger partial charge in [0.15, 0.2) is 17.5 Å². The number of aliphatic imine (C=N–C) groups is 1. The molecule has 166 valence electrons. The van der Waals surface area contributed by atoms with Gasteiger partial charge in [-0.05, 0) is 36.8 Å². The zero-order valence-corrected chi connectivity index (χ0v) is 19.6. The number of nitrogens with zero attached hydrogens (tertiary/aromatic N) is 1. The van der Waals surface area contributed by atoms with Crippen LogP contribution in [-0.2, 0) is 6.54 Å². The van der Waals surface area contributed by atoms with Crippen molar-refractivity contribution in [3.05, 3.63) is 54.1 Å². The molecule has 0 aliphatic carbocycles. The van der Waals surface area contributed by atoms with E-state index in [2.05, 4.69) is 15.6 Å². The maximum Gasteiger partial charge on any atom is 0.272 e. The van der Waals surface area contributed by atoms with Crippen molar-refractivity contribution < 1.29 is 23.0 Å². The van der Waals surface area contributed by atoms with Crippen LogP contribution >= 0.6 is 24.0 Å². The van der Waals surface area contributed by atoms with E-state index < -0.39 is 13.0 Å². The quantitative estimate of drug-likeness (QED) is 0.273. The van der Waals surface area contributed by atoms with E-state index in [9.17, 15) is 8.78 Å². The van der Waals surface area contributed by atoms with E-state index in [1.165, 1.54) is 0 Å². The summed E-state index contributed by atoms with van der Waals surface area (Å²) in [5.74, 6) is 2.36. The molecule has 1 atom stereocenters. The Morgan fingerprint density at radius 3 is 2.47 bits per heavy atom. The average Bonchev–Trinajstić information content (AvgIpc) is 2.73. The van der Waals surface area contributed by atoms with Crippen LogP contribution in [0.15, 0.2) is 53.5 Å². The second kappa shape index (κ2) is 13.8. The predicted octanol–water partition coefficient (Wildman–Crippen LogP) is 4.09. The van der Waals surface area contributed by atoms with Crippen molar-refractivity contribution in [1.82, 2.24) is 10.6 Å². The molecule has 0 aromatic heterocycles. The number of hydrogen-bond acceptors (Lipinski definition) is 4. The number of benzene rings is 2. The molecule has 0 saturated heterocycles. The van der Waals surface area contributed by atoms with Gasteiger partial charge in [-0.25, -0.2) is 8.78 Å². The van der Waals surface area contributed by atoms with Gasteiger partial charge in [0, 0.05) is 13.6 Å². The lowest BCUT2D eigenvalue weighted by Gasteiger charge is -2.19. The van der Waals surface area contributed by atoms with E-state index in [1.54, 1.807) is 32.4 Å². The molecule has 0 saturated carbocycles. The summed E-state index contributed by atoms with van der Waals surface area (Å²) in [6.07, 6.45) is -2.63. The molecule has 0 aliphatic rings. The highest BCUT2D eigenvalue weighted by Gasteiger charge is 2.10. The molecule has 9 heteroatoms. The Morgan fingerprint density at radius 2 is 1.80 bits per heavy atom. The Labute approximate surface area is 193 Å². The van der Waals surface area contributed by atoms with Crippen molar-refractivity contribution in [3.63, 3.8) is 0 Å². The van der Waals surface area contributed by atoms with Gasteiger partial charge in [0.25, 0.3) is 6.43 Å². The van der Waals surface area contributed by atoms with Gasteiger partial charge in [0.1, 0.15) is 18.5 Å². The van der Waals surface area contributed by atoms with Crippen LogP contribution in [0.25, 0.3) is 0 Å². The van der Waals surface area contributed by atoms with Crippen LogP contribution in [0, 0.1) is 0 Å². The summed E-state index contributed by atoms with van der Waals surface area (Å²) in [6, 6.07) is 14.5. The third-order valence-electron chi connectivity index (χ3n) is 3.91. The molecule has 0 amide bonds. The molecule has 30 heavy (non-hydrogen) atoms. The summed E-state index contributed by atoms with van der Waals surface area (Å²) in [5.41, 5.74) is 0.887. The van der Waals surface area contributed by atoms with Gasteiger partial charge in [-0.3, -0.25) is 4.99 Å². The predicted molar refractivity (Wildman–Crippen MR) is 125 cm³/mol. The van der Waals surface area contributed by atoms with E-state index in [0.717, 1.165) is 5.56 Å². The summed E-state index contributed by atoms with van der Waals surface area (Å²) < 4.78 is 40.8. The number of para-hydroxylation sites is 2. The lowest BCUT2D eigenvalue weighted by atomic mass is 10.2. The molecular weight excluding hydrogens is 507 g/mol. The van der Waals surface area contributed by atoms with Crippen molar-refractivity contribution >= 4 is 29.9 Å². The van der Waals surface area contributed by atoms with Crippen LogP contribution in [0.1, 0.15) is 12.5 Å². The van der Waals surface area contributed by atoms with Gasteiger partial charge in [0.05, 0.1) is 13.7 Å². The Hall–Kier alpha value is -2.30. The fourth-order valence-corrected chi connectivity index (χ4v) is 2.53. The third kappa shape index (κ3) is 9.02. The number of halogens is 3. The highest BCUT2D eigenvalue weighted by Crippen LogP contribution is 2.26. The zero-order chi connectivity index (χ0) is 21.1. The molecular formula is C21H28F2IN3O3. The van der Waals surface area contributed by atoms with Crippen molar-refractivity contribution in [2.24, 2.45) is 4.99 Å². The average molecular weight is 535 g/mol. The first-order valence-electron chi connectivity index (χ1n) is 9.26. The van der Waals surface area contributed by atoms with Gasteiger partial charge >= 0.3 is 0 Å².